The number of hydrogen-bond donors (Lipinski definition) is 1. The lowest BCUT2D eigenvalue weighted by atomic mass is 9.82. The van der Waals surface area contributed by atoms with Crippen LogP contribution in [0.2, 0.25) is 0 Å². The molecule has 2 fully saturated rings. The van der Waals surface area contributed by atoms with E-state index in [0.717, 1.165) is 12.0 Å². The monoisotopic (exact) mass is 224 g/mol. The Labute approximate surface area is 101 Å². The van der Waals surface area contributed by atoms with E-state index >= 15 is 0 Å². The van der Waals surface area contributed by atoms with Gasteiger partial charge in [-0.15, -0.1) is 0 Å². The van der Waals surface area contributed by atoms with E-state index in [0.29, 0.717) is 6.04 Å². The summed E-state index contributed by atoms with van der Waals surface area (Å²) < 4.78 is 0. The molecule has 0 bridgehead atoms. The normalized spacial score (nSPS) is 38.2. The van der Waals surface area contributed by atoms with Crippen molar-refractivity contribution >= 4 is 0 Å². The van der Waals surface area contributed by atoms with Crippen molar-refractivity contribution in [3.05, 3.63) is 0 Å². The third kappa shape index (κ3) is 2.98. The molecule has 1 aliphatic heterocycles. The van der Waals surface area contributed by atoms with Crippen LogP contribution >= 0.6 is 0 Å². The van der Waals surface area contributed by atoms with Crippen molar-refractivity contribution in [1.82, 2.24) is 10.2 Å². The Bertz CT molecular complexity index is 205. The summed E-state index contributed by atoms with van der Waals surface area (Å²) >= 11 is 0. The zero-order chi connectivity index (χ0) is 11.4. The molecule has 3 unspecified atom stereocenters. The van der Waals surface area contributed by atoms with Gasteiger partial charge in [0.25, 0.3) is 0 Å². The Hall–Kier alpha value is -0.0800. The molecule has 0 amide bonds. The van der Waals surface area contributed by atoms with Crippen LogP contribution < -0.4 is 5.32 Å². The topological polar surface area (TPSA) is 15.3 Å². The summed E-state index contributed by atoms with van der Waals surface area (Å²) in [5.74, 6) is 0.974. The first-order valence-electron chi connectivity index (χ1n) is 7.28. The van der Waals surface area contributed by atoms with Crippen LogP contribution in [0, 0.1) is 5.92 Å². The molecule has 1 aliphatic carbocycles. The van der Waals surface area contributed by atoms with Crippen LogP contribution in [0.1, 0.15) is 52.4 Å². The average molecular weight is 224 g/mol. The first kappa shape index (κ1) is 12.4. The lowest BCUT2D eigenvalue weighted by Crippen LogP contribution is -2.44. The molecule has 2 nitrogen and oxygen atoms in total. The molecule has 3 atom stereocenters. The van der Waals surface area contributed by atoms with Crippen molar-refractivity contribution in [3.63, 3.8) is 0 Å². The van der Waals surface area contributed by atoms with Crippen LogP contribution in [0.25, 0.3) is 0 Å². The Morgan fingerprint density at radius 3 is 2.75 bits per heavy atom. The molecule has 0 radical (unpaired) electrons. The molecule has 1 saturated heterocycles. The molecule has 16 heavy (non-hydrogen) atoms. The largest absolute Gasteiger partial charge is 0.313 e. The van der Waals surface area contributed by atoms with Crippen molar-refractivity contribution in [2.45, 2.75) is 64.5 Å². The molecule has 2 aliphatic rings. The van der Waals surface area contributed by atoms with Crippen LogP contribution in [0.4, 0.5) is 0 Å². The molecule has 1 saturated carbocycles. The lowest BCUT2D eigenvalue weighted by Gasteiger charge is -2.39. The van der Waals surface area contributed by atoms with E-state index in [4.69, 9.17) is 0 Å². The standard InChI is InChI=1S/C14H28N2/c1-3-13-6-4-5-7-14(13)16-10-8-12(2)15-9-11-16/h12-15H,3-11H2,1-2H3. The van der Waals surface area contributed by atoms with Crippen LogP contribution in [0.5, 0.6) is 0 Å². The third-order valence-corrected chi connectivity index (χ3v) is 4.60. The maximum atomic E-state index is 3.60. The van der Waals surface area contributed by atoms with Gasteiger partial charge in [0, 0.05) is 25.2 Å². The van der Waals surface area contributed by atoms with E-state index < -0.39 is 0 Å². The summed E-state index contributed by atoms with van der Waals surface area (Å²) in [5, 5.41) is 3.60. The van der Waals surface area contributed by atoms with Gasteiger partial charge in [-0.05, 0) is 38.6 Å². The maximum Gasteiger partial charge on any atom is 0.0124 e. The minimum absolute atomic E-state index is 0.716. The Morgan fingerprint density at radius 2 is 1.94 bits per heavy atom. The lowest BCUT2D eigenvalue weighted by molar-refractivity contribution is 0.107. The molecule has 2 rings (SSSR count). The van der Waals surface area contributed by atoms with Gasteiger partial charge in [-0.3, -0.25) is 4.90 Å². The summed E-state index contributed by atoms with van der Waals surface area (Å²) in [7, 11) is 0. The van der Waals surface area contributed by atoms with Gasteiger partial charge in [0.1, 0.15) is 0 Å². The van der Waals surface area contributed by atoms with Crippen LogP contribution in [0.15, 0.2) is 0 Å². The second-order valence-electron chi connectivity index (χ2n) is 5.70. The van der Waals surface area contributed by atoms with Crippen molar-refractivity contribution in [2.24, 2.45) is 5.92 Å². The molecule has 0 aromatic rings. The third-order valence-electron chi connectivity index (χ3n) is 4.60. The highest BCUT2D eigenvalue weighted by Crippen LogP contribution is 2.31. The molecular weight excluding hydrogens is 196 g/mol. The summed E-state index contributed by atoms with van der Waals surface area (Å²) in [6.45, 7) is 8.47. The number of hydrogen-bond acceptors (Lipinski definition) is 2. The second-order valence-corrected chi connectivity index (χ2v) is 5.70. The first-order chi connectivity index (χ1) is 7.81. The number of nitrogens with zero attached hydrogens (tertiary/aromatic N) is 1. The zero-order valence-corrected chi connectivity index (χ0v) is 11.0. The predicted octanol–water partition coefficient (Wildman–Crippen LogP) is 2.64. The van der Waals surface area contributed by atoms with Gasteiger partial charge >= 0.3 is 0 Å². The van der Waals surface area contributed by atoms with Crippen molar-refractivity contribution in [1.29, 1.82) is 0 Å². The molecule has 94 valence electrons. The SMILES string of the molecule is CCC1CCCCC1N1CCNC(C)CC1. The Kier molecular flexibility index (Phi) is 4.66. The van der Waals surface area contributed by atoms with E-state index in [1.54, 1.807) is 0 Å². The van der Waals surface area contributed by atoms with Crippen molar-refractivity contribution in [2.75, 3.05) is 19.6 Å². The van der Waals surface area contributed by atoms with E-state index in [9.17, 15) is 0 Å². The minimum Gasteiger partial charge on any atom is -0.313 e. The maximum absolute atomic E-state index is 3.60. The Morgan fingerprint density at radius 1 is 1.12 bits per heavy atom. The minimum atomic E-state index is 0.716. The summed E-state index contributed by atoms with van der Waals surface area (Å²) in [6.07, 6.45) is 8.56. The van der Waals surface area contributed by atoms with E-state index in [1.165, 1.54) is 58.2 Å². The fourth-order valence-electron chi connectivity index (χ4n) is 3.50. The molecular formula is C14H28N2. The second kappa shape index (κ2) is 6.02. The number of nitrogens with one attached hydrogen (secondary N) is 1. The predicted molar refractivity (Wildman–Crippen MR) is 69.7 cm³/mol. The van der Waals surface area contributed by atoms with Crippen molar-refractivity contribution < 1.29 is 0 Å². The average Bonchev–Trinajstić information content (AvgIpc) is 2.54. The van der Waals surface area contributed by atoms with Gasteiger partial charge in [0.2, 0.25) is 0 Å². The first-order valence-corrected chi connectivity index (χ1v) is 7.28. The van der Waals surface area contributed by atoms with E-state index in [1.807, 2.05) is 0 Å². The van der Waals surface area contributed by atoms with Crippen LogP contribution in [-0.4, -0.2) is 36.6 Å². The van der Waals surface area contributed by atoms with E-state index in [2.05, 4.69) is 24.1 Å². The smallest absolute Gasteiger partial charge is 0.0124 e. The van der Waals surface area contributed by atoms with Gasteiger partial charge in [0.05, 0.1) is 0 Å². The highest BCUT2D eigenvalue weighted by atomic mass is 15.2. The molecule has 1 N–H and O–H groups in total. The summed E-state index contributed by atoms with van der Waals surface area (Å²) in [5.41, 5.74) is 0. The summed E-state index contributed by atoms with van der Waals surface area (Å²) in [6, 6.07) is 1.61. The summed E-state index contributed by atoms with van der Waals surface area (Å²) in [4.78, 5) is 2.78. The molecule has 2 heteroatoms. The van der Waals surface area contributed by atoms with Crippen molar-refractivity contribution in [3.8, 4) is 0 Å². The van der Waals surface area contributed by atoms with Gasteiger partial charge < -0.3 is 5.32 Å². The van der Waals surface area contributed by atoms with Crippen LogP contribution in [0.3, 0.4) is 0 Å². The number of rotatable bonds is 2. The van der Waals surface area contributed by atoms with Gasteiger partial charge in [-0.25, -0.2) is 0 Å². The van der Waals surface area contributed by atoms with E-state index in [-0.39, 0.29) is 0 Å². The highest BCUT2D eigenvalue weighted by molar-refractivity contribution is 4.85. The fraction of sp³-hybridized carbons (Fsp3) is 1.00. The molecule has 0 aromatic carbocycles. The molecule has 0 aromatic heterocycles. The quantitative estimate of drug-likeness (QED) is 0.776. The highest BCUT2D eigenvalue weighted by Gasteiger charge is 2.29. The molecule has 1 heterocycles. The van der Waals surface area contributed by atoms with Gasteiger partial charge in [-0.2, -0.15) is 0 Å². The zero-order valence-electron chi connectivity index (χ0n) is 11.0. The van der Waals surface area contributed by atoms with Gasteiger partial charge in [-0.1, -0.05) is 26.2 Å². The fourth-order valence-corrected chi connectivity index (χ4v) is 3.50. The molecule has 0 spiro atoms. The Balaban J connectivity index is 1.93. The van der Waals surface area contributed by atoms with Crippen LogP contribution in [-0.2, 0) is 0 Å². The van der Waals surface area contributed by atoms with Gasteiger partial charge in [0.15, 0.2) is 0 Å².